The molecule has 1 unspecified atom stereocenters. The summed E-state index contributed by atoms with van der Waals surface area (Å²) in [5.41, 5.74) is 0.994. The Morgan fingerprint density at radius 3 is 2.19 bits per heavy atom. The van der Waals surface area contributed by atoms with Crippen LogP contribution in [-0.4, -0.2) is 34.0 Å². The van der Waals surface area contributed by atoms with Gasteiger partial charge in [-0.1, -0.05) is 29.8 Å². The van der Waals surface area contributed by atoms with Crippen LogP contribution >= 0.6 is 0 Å². The first-order valence-electron chi connectivity index (χ1n) is 8.10. The zero-order valence-electron chi connectivity index (χ0n) is 15.2. The highest BCUT2D eigenvalue weighted by molar-refractivity contribution is 7.89. The lowest BCUT2D eigenvalue weighted by atomic mass is 10.0. The second-order valence-corrected chi connectivity index (χ2v) is 8.05. The molecule has 1 atom stereocenters. The van der Waals surface area contributed by atoms with E-state index >= 15 is 0 Å². The first kappa shape index (κ1) is 21.2. The summed E-state index contributed by atoms with van der Waals surface area (Å²) in [7, 11) is -0.736. The highest BCUT2D eigenvalue weighted by Crippen LogP contribution is 2.35. The number of sulfonamides is 1. The van der Waals surface area contributed by atoms with Crippen LogP contribution in [0.1, 0.15) is 22.7 Å². The van der Waals surface area contributed by atoms with E-state index in [0.29, 0.717) is 6.54 Å². The summed E-state index contributed by atoms with van der Waals surface area (Å²) in [5, 5.41) is 7.85. The smallest absolute Gasteiger partial charge is 0.383 e. The maximum atomic E-state index is 13.2. The predicted octanol–water partition coefficient (Wildman–Crippen LogP) is 3.38. The fraction of sp³-hybridized carbons (Fsp3) is 0.333. The summed E-state index contributed by atoms with van der Waals surface area (Å²) in [4.78, 5) is 1.00. The van der Waals surface area contributed by atoms with Crippen LogP contribution in [0.4, 0.5) is 18.9 Å². The molecule has 0 aliphatic rings. The largest absolute Gasteiger partial charge is 0.417 e. The number of nitrogens with zero attached hydrogens (tertiary/aromatic N) is 1. The number of benzene rings is 2. The van der Waals surface area contributed by atoms with Gasteiger partial charge in [-0.25, -0.2) is 13.6 Å². The molecule has 0 saturated heterocycles. The molecule has 0 aromatic heterocycles. The number of alkyl halides is 3. The van der Waals surface area contributed by atoms with Gasteiger partial charge in [0, 0.05) is 12.2 Å². The summed E-state index contributed by atoms with van der Waals surface area (Å²) < 4.78 is 62.6. The quantitative estimate of drug-likeness (QED) is 0.778. The molecule has 0 fully saturated rings. The number of nitrogens with two attached hydrogens (primary N) is 1. The zero-order valence-corrected chi connectivity index (χ0v) is 16.0. The number of likely N-dealkylation sites (N-methyl/N-ethyl adjacent to an activating group) is 1. The molecule has 0 bridgehead atoms. The normalized spacial score (nSPS) is 13.6. The Morgan fingerprint density at radius 1 is 1.11 bits per heavy atom. The fourth-order valence-electron chi connectivity index (χ4n) is 2.71. The second kappa shape index (κ2) is 7.87. The summed E-state index contributed by atoms with van der Waals surface area (Å²) in [6.07, 6.45) is -4.84. The SMILES string of the molecule is Cc1ccc(C(CNc2ccc(S(N)(=O)=O)c(C(F)(F)F)c2)N(C)C)cc1. The highest BCUT2D eigenvalue weighted by Gasteiger charge is 2.36. The van der Waals surface area contributed by atoms with Crippen molar-refractivity contribution < 1.29 is 21.6 Å². The minimum atomic E-state index is -4.84. The number of nitrogens with one attached hydrogen (secondary N) is 1. The maximum absolute atomic E-state index is 13.2. The molecule has 2 rings (SSSR count). The molecule has 0 radical (unpaired) electrons. The van der Waals surface area contributed by atoms with Crippen LogP contribution in [0.15, 0.2) is 47.4 Å². The summed E-state index contributed by atoms with van der Waals surface area (Å²) >= 11 is 0. The number of halogens is 3. The summed E-state index contributed by atoms with van der Waals surface area (Å²) in [6, 6.07) is 10.7. The second-order valence-electron chi connectivity index (χ2n) is 6.52. The van der Waals surface area contributed by atoms with Crippen molar-refractivity contribution in [2.75, 3.05) is 26.0 Å². The van der Waals surface area contributed by atoms with Crippen LogP contribution in [0.25, 0.3) is 0 Å². The van der Waals surface area contributed by atoms with Crippen molar-refractivity contribution in [3.8, 4) is 0 Å². The molecule has 0 heterocycles. The number of hydrogen-bond acceptors (Lipinski definition) is 4. The van der Waals surface area contributed by atoms with Crippen LogP contribution in [0.2, 0.25) is 0 Å². The third-order valence-corrected chi connectivity index (χ3v) is 5.15. The van der Waals surface area contributed by atoms with Crippen LogP contribution < -0.4 is 10.5 Å². The predicted molar refractivity (Wildman–Crippen MR) is 98.9 cm³/mol. The van der Waals surface area contributed by atoms with Gasteiger partial charge < -0.3 is 10.2 Å². The van der Waals surface area contributed by atoms with Gasteiger partial charge in [-0.05, 0) is 44.8 Å². The van der Waals surface area contributed by atoms with Gasteiger partial charge in [0.1, 0.15) is 0 Å². The van der Waals surface area contributed by atoms with Gasteiger partial charge in [0.2, 0.25) is 10.0 Å². The van der Waals surface area contributed by atoms with Crippen LogP contribution in [0, 0.1) is 6.92 Å². The Bertz CT molecular complexity index is 895. The third-order valence-electron chi connectivity index (χ3n) is 4.18. The lowest BCUT2D eigenvalue weighted by Gasteiger charge is -2.26. The molecule has 3 N–H and O–H groups in total. The fourth-order valence-corrected chi connectivity index (χ4v) is 3.45. The Morgan fingerprint density at radius 2 is 1.70 bits per heavy atom. The number of hydrogen-bond donors (Lipinski definition) is 2. The molecule has 0 aliphatic heterocycles. The average Bonchev–Trinajstić information content (AvgIpc) is 2.54. The van der Waals surface area contributed by atoms with E-state index in [9.17, 15) is 21.6 Å². The number of anilines is 1. The number of rotatable bonds is 6. The van der Waals surface area contributed by atoms with E-state index in [1.54, 1.807) is 0 Å². The van der Waals surface area contributed by atoms with E-state index in [4.69, 9.17) is 5.14 Å². The van der Waals surface area contributed by atoms with E-state index in [-0.39, 0.29) is 11.7 Å². The van der Waals surface area contributed by atoms with Crippen molar-refractivity contribution in [3.63, 3.8) is 0 Å². The molecule has 27 heavy (non-hydrogen) atoms. The summed E-state index contributed by atoms with van der Waals surface area (Å²) in [5.74, 6) is 0. The van der Waals surface area contributed by atoms with E-state index in [0.717, 1.165) is 23.3 Å². The topological polar surface area (TPSA) is 75.4 Å². The molecule has 0 amide bonds. The van der Waals surface area contributed by atoms with Crippen LogP contribution in [0.5, 0.6) is 0 Å². The van der Waals surface area contributed by atoms with Gasteiger partial charge in [0.05, 0.1) is 16.5 Å². The molecule has 0 spiro atoms. The molecular weight excluding hydrogens is 379 g/mol. The van der Waals surface area contributed by atoms with Gasteiger partial charge in [-0.2, -0.15) is 13.2 Å². The maximum Gasteiger partial charge on any atom is 0.417 e. The number of aryl methyl sites for hydroxylation is 1. The summed E-state index contributed by atoms with van der Waals surface area (Å²) in [6.45, 7) is 2.31. The van der Waals surface area contributed by atoms with Crippen molar-refractivity contribution >= 4 is 15.7 Å². The molecule has 148 valence electrons. The lowest BCUT2D eigenvalue weighted by molar-refractivity contribution is -0.139. The van der Waals surface area contributed by atoms with Crippen molar-refractivity contribution in [2.45, 2.75) is 24.0 Å². The Balaban J connectivity index is 2.29. The van der Waals surface area contributed by atoms with Crippen molar-refractivity contribution in [3.05, 3.63) is 59.2 Å². The zero-order chi connectivity index (χ0) is 20.4. The molecule has 2 aromatic carbocycles. The lowest BCUT2D eigenvalue weighted by Crippen LogP contribution is -2.27. The van der Waals surface area contributed by atoms with Gasteiger partial charge in [0.25, 0.3) is 0 Å². The molecule has 5 nitrogen and oxygen atoms in total. The Kier molecular flexibility index (Phi) is 6.18. The molecule has 0 saturated carbocycles. The van der Waals surface area contributed by atoms with Gasteiger partial charge >= 0.3 is 6.18 Å². The molecule has 2 aromatic rings. The minimum Gasteiger partial charge on any atom is -0.383 e. The van der Waals surface area contributed by atoms with E-state index in [1.165, 1.54) is 6.07 Å². The van der Waals surface area contributed by atoms with E-state index < -0.39 is 26.7 Å². The molecule has 9 heteroatoms. The third kappa shape index (κ3) is 5.44. The van der Waals surface area contributed by atoms with Crippen molar-refractivity contribution in [1.82, 2.24) is 4.90 Å². The Hall–Kier alpha value is -2.10. The van der Waals surface area contributed by atoms with Gasteiger partial charge in [-0.15, -0.1) is 0 Å². The van der Waals surface area contributed by atoms with Crippen LogP contribution in [0.3, 0.4) is 0 Å². The monoisotopic (exact) mass is 401 g/mol. The standard InChI is InChI=1S/C18H22F3N3O2S/c1-12-4-6-13(7-5-12)16(24(2)3)11-23-14-8-9-17(27(22,25)26)15(10-14)18(19,20)21/h4-10,16,23H,11H2,1-3H3,(H2,22,25,26). The first-order valence-corrected chi connectivity index (χ1v) is 9.65. The van der Waals surface area contributed by atoms with Gasteiger partial charge in [-0.3, -0.25) is 0 Å². The van der Waals surface area contributed by atoms with Gasteiger partial charge in [0.15, 0.2) is 0 Å². The van der Waals surface area contributed by atoms with E-state index in [2.05, 4.69) is 5.32 Å². The highest BCUT2D eigenvalue weighted by atomic mass is 32.2. The first-order chi connectivity index (χ1) is 12.4. The number of primary sulfonamides is 1. The minimum absolute atomic E-state index is 0.0853. The van der Waals surface area contributed by atoms with Crippen molar-refractivity contribution in [1.29, 1.82) is 0 Å². The Labute approximate surface area is 157 Å². The average molecular weight is 401 g/mol. The van der Waals surface area contributed by atoms with Crippen molar-refractivity contribution in [2.24, 2.45) is 5.14 Å². The van der Waals surface area contributed by atoms with Crippen LogP contribution in [-0.2, 0) is 16.2 Å². The molecule has 0 aliphatic carbocycles. The van der Waals surface area contributed by atoms with E-state index in [1.807, 2.05) is 50.2 Å². The molecular formula is C18H22F3N3O2S.